The number of benzene rings is 2. The SMILES string of the molecule is Cc1ccccc1C(=O)N1CCN(S(=O)(=O)c2ccc3c(c2)sc(=O)n3C(C)C)CC1. The molecule has 0 saturated carbocycles. The number of carbonyl (C=O) groups is 1. The minimum atomic E-state index is -3.71. The molecule has 7 nitrogen and oxygen atoms in total. The maximum atomic E-state index is 13.2. The first-order chi connectivity index (χ1) is 14.7. The van der Waals surface area contributed by atoms with Crippen LogP contribution in [0.5, 0.6) is 0 Å². The lowest BCUT2D eigenvalue weighted by molar-refractivity contribution is 0.0697. The van der Waals surface area contributed by atoms with Crippen molar-refractivity contribution in [3.8, 4) is 0 Å². The lowest BCUT2D eigenvalue weighted by Crippen LogP contribution is -2.50. The minimum absolute atomic E-state index is 0.00238. The van der Waals surface area contributed by atoms with Crippen LogP contribution in [-0.4, -0.2) is 54.3 Å². The summed E-state index contributed by atoms with van der Waals surface area (Å²) in [7, 11) is -3.71. The molecule has 31 heavy (non-hydrogen) atoms. The van der Waals surface area contributed by atoms with E-state index in [1.165, 1.54) is 4.31 Å². The predicted octanol–water partition coefficient (Wildman–Crippen LogP) is 3.10. The van der Waals surface area contributed by atoms with Crippen molar-refractivity contribution >= 4 is 37.5 Å². The molecule has 2 heterocycles. The summed E-state index contributed by atoms with van der Waals surface area (Å²) < 4.78 is 30.1. The second-order valence-corrected chi connectivity index (χ2v) is 10.9. The molecule has 0 bridgehead atoms. The van der Waals surface area contributed by atoms with E-state index in [0.717, 1.165) is 22.4 Å². The van der Waals surface area contributed by atoms with E-state index in [2.05, 4.69) is 0 Å². The molecule has 0 atom stereocenters. The van der Waals surface area contributed by atoms with E-state index < -0.39 is 10.0 Å². The average Bonchev–Trinajstić information content (AvgIpc) is 3.08. The van der Waals surface area contributed by atoms with Crippen LogP contribution in [-0.2, 0) is 10.0 Å². The van der Waals surface area contributed by atoms with Crippen LogP contribution in [0.4, 0.5) is 0 Å². The summed E-state index contributed by atoms with van der Waals surface area (Å²) in [5.74, 6) is -0.0728. The second-order valence-electron chi connectivity index (χ2n) is 7.97. The van der Waals surface area contributed by atoms with Crippen LogP contribution in [0.2, 0.25) is 0 Å². The van der Waals surface area contributed by atoms with E-state index in [9.17, 15) is 18.0 Å². The Morgan fingerprint density at radius 2 is 1.71 bits per heavy atom. The summed E-state index contributed by atoms with van der Waals surface area (Å²) in [6, 6.07) is 12.3. The van der Waals surface area contributed by atoms with Gasteiger partial charge in [-0.2, -0.15) is 4.31 Å². The molecule has 2 aromatic carbocycles. The summed E-state index contributed by atoms with van der Waals surface area (Å²) in [5.41, 5.74) is 2.30. The van der Waals surface area contributed by atoms with Gasteiger partial charge in [0.15, 0.2) is 0 Å². The monoisotopic (exact) mass is 459 g/mol. The fraction of sp³-hybridized carbons (Fsp3) is 0.364. The van der Waals surface area contributed by atoms with Crippen molar-refractivity contribution in [1.29, 1.82) is 0 Å². The Morgan fingerprint density at radius 1 is 1.03 bits per heavy atom. The zero-order chi connectivity index (χ0) is 22.3. The number of thiazole rings is 1. The van der Waals surface area contributed by atoms with Gasteiger partial charge in [-0.05, 0) is 50.6 Å². The highest BCUT2D eigenvalue weighted by Gasteiger charge is 2.31. The molecule has 1 amide bonds. The molecule has 1 aliphatic heterocycles. The van der Waals surface area contributed by atoms with Crippen LogP contribution in [0, 0.1) is 6.92 Å². The van der Waals surface area contributed by atoms with E-state index in [1.54, 1.807) is 33.7 Å². The third-order valence-corrected chi connectivity index (χ3v) is 8.45. The first kappa shape index (κ1) is 21.7. The largest absolute Gasteiger partial charge is 0.336 e. The van der Waals surface area contributed by atoms with Gasteiger partial charge in [0.05, 0.1) is 15.1 Å². The lowest BCUT2D eigenvalue weighted by Gasteiger charge is -2.34. The van der Waals surface area contributed by atoms with Gasteiger partial charge in [-0.1, -0.05) is 29.5 Å². The summed E-state index contributed by atoms with van der Waals surface area (Å²) in [6.07, 6.45) is 0. The van der Waals surface area contributed by atoms with Gasteiger partial charge in [0.2, 0.25) is 10.0 Å². The fourth-order valence-corrected chi connectivity index (χ4v) is 6.51. The molecular formula is C22H25N3O4S2. The molecule has 4 rings (SSSR count). The van der Waals surface area contributed by atoms with Crippen molar-refractivity contribution in [2.75, 3.05) is 26.2 Å². The van der Waals surface area contributed by atoms with Gasteiger partial charge in [-0.15, -0.1) is 0 Å². The Hall–Kier alpha value is -2.49. The van der Waals surface area contributed by atoms with Crippen molar-refractivity contribution in [2.45, 2.75) is 31.7 Å². The quantitative estimate of drug-likeness (QED) is 0.601. The number of fused-ring (bicyclic) bond motifs is 1. The molecule has 0 spiro atoms. The van der Waals surface area contributed by atoms with Crippen LogP contribution in [0.25, 0.3) is 10.2 Å². The number of aromatic nitrogens is 1. The van der Waals surface area contributed by atoms with Crippen LogP contribution in [0.15, 0.2) is 52.2 Å². The van der Waals surface area contributed by atoms with Crippen LogP contribution >= 0.6 is 11.3 Å². The van der Waals surface area contributed by atoms with E-state index in [1.807, 2.05) is 39.0 Å². The van der Waals surface area contributed by atoms with Crippen molar-refractivity contribution in [2.24, 2.45) is 0 Å². The van der Waals surface area contributed by atoms with Gasteiger partial charge in [0.25, 0.3) is 5.91 Å². The van der Waals surface area contributed by atoms with Gasteiger partial charge in [-0.25, -0.2) is 8.42 Å². The van der Waals surface area contributed by atoms with Gasteiger partial charge >= 0.3 is 4.87 Å². The maximum absolute atomic E-state index is 13.2. The summed E-state index contributed by atoms with van der Waals surface area (Å²) in [6.45, 7) is 6.90. The fourth-order valence-electron chi connectivity index (χ4n) is 3.93. The molecule has 164 valence electrons. The molecular weight excluding hydrogens is 434 g/mol. The zero-order valence-corrected chi connectivity index (χ0v) is 19.4. The lowest BCUT2D eigenvalue weighted by atomic mass is 10.1. The predicted molar refractivity (Wildman–Crippen MR) is 122 cm³/mol. The number of piperazine rings is 1. The van der Waals surface area contributed by atoms with Crippen molar-refractivity contribution < 1.29 is 13.2 Å². The number of sulfonamides is 1. The van der Waals surface area contributed by atoms with Gasteiger partial charge < -0.3 is 4.90 Å². The van der Waals surface area contributed by atoms with Crippen LogP contribution in [0.1, 0.15) is 35.8 Å². The third-order valence-electron chi connectivity index (χ3n) is 5.64. The summed E-state index contributed by atoms with van der Waals surface area (Å²) in [4.78, 5) is 26.9. The number of aryl methyl sites for hydroxylation is 1. The molecule has 1 aromatic heterocycles. The van der Waals surface area contributed by atoms with E-state index in [0.29, 0.717) is 23.4 Å². The molecule has 0 aliphatic carbocycles. The second kappa shape index (κ2) is 8.22. The number of hydrogen-bond donors (Lipinski definition) is 0. The van der Waals surface area contributed by atoms with Gasteiger partial charge in [0.1, 0.15) is 0 Å². The highest BCUT2D eigenvalue weighted by atomic mass is 32.2. The van der Waals surface area contributed by atoms with Crippen molar-refractivity contribution in [3.63, 3.8) is 0 Å². The number of nitrogens with zero attached hydrogens (tertiary/aromatic N) is 3. The molecule has 1 fully saturated rings. The average molecular weight is 460 g/mol. The van der Waals surface area contributed by atoms with E-state index >= 15 is 0 Å². The number of rotatable bonds is 4. The van der Waals surface area contributed by atoms with Crippen molar-refractivity contribution in [3.05, 3.63) is 63.3 Å². The molecule has 0 N–H and O–H groups in total. The van der Waals surface area contributed by atoms with E-state index in [-0.39, 0.29) is 34.8 Å². The first-order valence-electron chi connectivity index (χ1n) is 10.2. The standard InChI is InChI=1S/C22H25N3O4S2/c1-15(2)25-19-9-8-17(14-20(19)30-22(25)27)31(28,29)24-12-10-23(11-13-24)21(26)18-7-5-4-6-16(18)3/h4-9,14-15H,10-13H2,1-3H3. The minimum Gasteiger partial charge on any atom is -0.336 e. The topological polar surface area (TPSA) is 79.7 Å². The normalized spacial score (nSPS) is 15.7. The Balaban J connectivity index is 1.54. The maximum Gasteiger partial charge on any atom is 0.308 e. The van der Waals surface area contributed by atoms with E-state index in [4.69, 9.17) is 0 Å². The highest BCUT2D eigenvalue weighted by molar-refractivity contribution is 7.89. The molecule has 1 aliphatic rings. The summed E-state index contributed by atoms with van der Waals surface area (Å²) >= 11 is 1.06. The molecule has 0 radical (unpaired) electrons. The smallest absolute Gasteiger partial charge is 0.308 e. The number of hydrogen-bond acceptors (Lipinski definition) is 5. The summed E-state index contributed by atoms with van der Waals surface area (Å²) in [5, 5.41) is 0. The number of carbonyl (C=O) groups excluding carboxylic acids is 1. The van der Waals surface area contributed by atoms with Crippen LogP contribution < -0.4 is 4.87 Å². The third kappa shape index (κ3) is 3.93. The first-order valence-corrected chi connectivity index (χ1v) is 12.5. The zero-order valence-electron chi connectivity index (χ0n) is 17.7. The van der Waals surface area contributed by atoms with Crippen molar-refractivity contribution in [1.82, 2.24) is 13.8 Å². The Kier molecular flexibility index (Phi) is 5.76. The Bertz CT molecular complexity index is 1300. The van der Waals surface area contributed by atoms with Gasteiger partial charge in [0, 0.05) is 37.8 Å². The molecule has 3 aromatic rings. The Labute approximate surface area is 185 Å². The van der Waals surface area contributed by atoms with Gasteiger partial charge in [-0.3, -0.25) is 14.2 Å². The molecule has 9 heteroatoms. The van der Waals surface area contributed by atoms with Crippen LogP contribution in [0.3, 0.4) is 0 Å². The Morgan fingerprint density at radius 3 is 2.35 bits per heavy atom. The molecule has 1 saturated heterocycles. The number of amides is 1. The highest BCUT2D eigenvalue weighted by Crippen LogP contribution is 2.26. The molecule has 0 unspecified atom stereocenters.